The zero-order valence-corrected chi connectivity index (χ0v) is 19.2. The van der Waals surface area contributed by atoms with E-state index in [2.05, 4.69) is 25.6 Å². The van der Waals surface area contributed by atoms with Gasteiger partial charge in [0.15, 0.2) is 0 Å². The normalized spacial score (nSPS) is 22.5. The number of nitrogens with zero attached hydrogens (tertiary/aromatic N) is 5. The standard InChI is InChI=1S/C24H27N7O4/c32-22(30-10-16-12-35-13-17(11-30)27-16)14-5-6-20(25-8-14)28-24-26-9-15-7-19(23(33)34)31(21(15)29-24)18-3-1-2-4-18/h5-9,16-18,27H,1-4,10-13H2,(H,33,34)(H,25,26,28,29). The maximum Gasteiger partial charge on any atom is 0.352 e. The molecule has 2 bridgehead atoms. The monoisotopic (exact) mass is 477 g/mol. The van der Waals surface area contributed by atoms with E-state index >= 15 is 0 Å². The number of morpholine rings is 1. The Morgan fingerprint density at radius 3 is 2.54 bits per heavy atom. The number of aromatic carboxylic acids is 1. The van der Waals surface area contributed by atoms with Gasteiger partial charge in [0.1, 0.15) is 17.2 Å². The quantitative estimate of drug-likeness (QED) is 0.505. The predicted molar refractivity (Wildman–Crippen MR) is 127 cm³/mol. The van der Waals surface area contributed by atoms with Crippen LogP contribution in [0.5, 0.6) is 0 Å². The number of carbonyl (C=O) groups excluding carboxylic acids is 1. The minimum absolute atomic E-state index is 0.0456. The van der Waals surface area contributed by atoms with Gasteiger partial charge >= 0.3 is 5.97 Å². The summed E-state index contributed by atoms with van der Waals surface area (Å²) in [5.41, 5.74) is 1.36. The lowest BCUT2D eigenvalue weighted by Gasteiger charge is -2.42. The van der Waals surface area contributed by atoms with Crippen molar-refractivity contribution in [2.45, 2.75) is 43.8 Å². The number of amides is 1. The molecule has 3 fully saturated rings. The molecule has 2 atom stereocenters. The van der Waals surface area contributed by atoms with E-state index in [1.807, 2.05) is 9.47 Å². The lowest BCUT2D eigenvalue weighted by atomic mass is 10.1. The van der Waals surface area contributed by atoms with Gasteiger partial charge in [-0.3, -0.25) is 4.79 Å². The molecule has 182 valence electrons. The van der Waals surface area contributed by atoms with Crippen molar-refractivity contribution >= 4 is 34.7 Å². The fourth-order valence-electron chi connectivity index (χ4n) is 5.42. The van der Waals surface area contributed by atoms with Gasteiger partial charge < -0.3 is 29.9 Å². The highest BCUT2D eigenvalue weighted by Gasteiger charge is 2.33. The molecule has 1 aliphatic carbocycles. The van der Waals surface area contributed by atoms with Crippen molar-refractivity contribution in [1.29, 1.82) is 0 Å². The highest BCUT2D eigenvalue weighted by Crippen LogP contribution is 2.34. The molecule has 2 saturated heterocycles. The van der Waals surface area contributed by atoms with Crippen LogP contribution >= 0.6 is 0 Å². The van der Waals surface area contributed by atoms with Crippen LogP contribution in [0, 0.1) is 0 Å². The molecule has 0 spiro atoms. The number of ether oxygens (including phenoxy) is 1. The number of nitrogens with one attached hydrogen (secondary N) is 2. The van der Waals surface area contributed by atoms with Crippen LogP contribution in [0.25, 0.3) is 11.0 Å². The van der Waals surface area contributed by atoms with Gasteiger partial charge in [0, 0.05) is 49.0 Å². The first kappa shape index (κ1) is 21.9. The van der Waals surface area contributed by atoms with E-state index in [-0.39, 0.29) is 29.7 Å². The van der Waals surface area contributed by atoms with E-state index in [0.717, 1.165) is 25.7 Å². The molecule has 5 heterocycles. The third-order valence-electron chi connectivity index (χ3n) is 7.01. The predicted octanol–water partition coefficient (Wildman–Crippen LogP) is 2.20. The first-order valence-corrected chi connectivity index (χ1v) is 12.0. The summed E-state index contributed by atoms with van der Waals surface area (Å²) in [7, 11) is 0. The summed E-state index contributed by atoms with van der Waals surface area (Å²) in [6, 6.07) is 5.56. The molecular formula is C24H27N7O4. The molecular weight excluding hydrogens is 450 g/mol. The molecule has 3 aliphatic rings. The highest BCUT2D eigenvalue weighted by molar-refractivity contribution is 5.94. The number of aromatic nitrogens is 4. The summed E-state index contributed by atoms with van der Waals surface area (Å²) in [4.78, 5) is 40.1. The van der Waals surface area contributed by atoms with E-state index in [1.54, 1.807) is 30.6 Å². The lowest BCUT2D eigenvalue weighted by molar-refractivity contribution is -0.00330. The summed E-state index contributed by atoms with van der Waals surface area (Å²) < 4.78 is 7.39. The number of fused-ring (bicyclic) bond motifs is 3. The molecule has 3 aromatic heterocycles. The number of rotatable bonds is 5. The topological polar surface area (TPSA) is 134 Å². The molecule has 1 saturated carbocycles. The first-order valence-electron chi connectivity index (χ1n) is 12.0. The summed E-state index contributed by atoms with van der Waals surface area (Å²) >= 11 is 0. The Morgan fingerprint density at radius 1 is 1.09 bits per heavy atom. The summed E-state index contributed by atoms with van der Waals surface area (Å²) in [6.45, 7) is 2.46. The minimum Gasteiger partial charge on any atom is -0.477 e. The maximum absolute atomic E-state index is 13.0. The zero-order valence-electron chi connectivity index (χ0n) is 19.2. The number of carboxylic acid groups (broad SMARTS) is 1. The lowest BCUT2D eigenvalue weighted by Crippen LogP contribution is -2.63. The van der Waals surface area contributed by atoms with Gasteiger partial charge in [0.2, 0.25) is 5.95 Å². The van der Waals surface area contributed by atoms with E-state index in [9.17, 15) is 14.7 Å². The Labute approximate surface area is 201 Å². The SMILES string of the molecule is O=C(O)c1cc2cnc(Nc3ccc(C(=O)N4CC5COCC(C4)N5)cn3)nc2n1C1CCCC1. The zero-order chi connectivity index (χ0) is 23.9. The van der Waals surface area contributed by atoms with E-state index < -0.39 is 5.97 Å². The van der Waals surface area contributed by atoms with Crippen LogP contribution in [-0.2, 0) is 4.74 Å². The first-order chi connectivity index (χ1) is 17.0. The Bertz CT molecular complexity index is 1260. The second-order valence-electron chi connectivity index (χ2n) is 9.48. The minimum atomic E-state index is -0.966. The Kier molecular flexibility index (Phi) is 5.57. The van der Waals surface area contributed by atoms with Crippen LogP contribution < -0.4 is 10.6 Å². The van der Waals surface area contributed by atoms with Crippen molar-refractivity contribution in [2.24, 2.45) is 0 Å². The third kappa shape index (κ3) is 4.21. The summed E-state index contributed by atoms with van der Waals surface area (Å²) in [5, 5.41) is 17.0. The number of hydrogen-bond acceptors (Lipinski definition) is 8. The fourth-order valence-corrected chi connectivity index (χ4v) is 5.42. The van der Waals surface area contributed by atoms with Crippen LogP contribution in [0.2, 0.25) is 0 Å². The molecule has 2 aliphatic heterocycles. The molecule has 2 unspecified atom stereocenters. The van der Waals surface area contributed by atoms with Gasteiger partial charge in [0.05, 0.1) is 18.8 Å². The van der Waals surface area contributed by atoms with E-state index in [0.29, 0.717) is 54.7 Å². The van der Waals surface area contributed by atoms with Gasteiger partial charge in [-0.15, -0.1) is 0 Å². The second-order valence-corrected chi connectivity index (χ2v) is 9.48. The van der Waals surface area contributed by atoms with Crippen LogP contribution in [0.1, 0.15) is 52.6 Å². The van der Waals surface area contributed by atoms with Crippen LogP contribution in [-0.4, -0.2) is 79.8 Å². The van der Waals surface area contributed by atoms with Gasteiger partial charge in [0.25, 0.3) is 5.91 Å². The van der Waals surface area contributed by atoms with Crippen molar-refractivity contribution in [3.63, 3.8) is 0 Å². The van der Waals surface area contributed by atoms with Crippen molar-refractivity contribution in [3.8, 4) is 0 Å². The molecule has 3 aromatic rings. The largest absolute Gasteiger partial charge is 0.477 e. The van der Waals surface area contributed by atoms with Gasteiger partial charge in [-0.05, 0) is 31.0 Å². The average Bonchev–Trinajstić information content (AvgIpc) is 3.51. The van der Waals surface area contributed by atoms with Crippen molar-refractivity contribution in [3.05, 3.63) is 41.9 Å². The Morgan fingerprint density at radius 2 is 1.86 bits per heavy atom. The van der Waals surface area contributed by atoms with Crippen molar-refractivity contribution < 1.29 is 19.4 Å². The van der Waals surface area contributed by atoms with E-state index in [4.69, 9.17) is 4.74 Å². The molecule has 11 heteroatoms. The molecule has 1 amide bonds. The van der Waals surface area contributed by atoms with Crippen LogP contribution in [0.3, 0.4) is 0 Å². The number of anilines is 2. The number of carboxylic acids is 1. The Balaban J connectivity index is 1.21. The molecule has 6 rings (SSSR count). The maximum atomic E-state index is 13.0. The fraction of sp³-hybridized carbons (Fsp3) is 0.458. The molecule has 35 heavy (non-hydrogen) atoms. The van der Waals surface area contributed by atoms with Crippen LogP contribution in [0.15, 0.2) is 30.6 Å². The molecule has 3 N–H and O–H groups in total. The van der Waals surface area contributed by atoms with E-state index in [1.165, 1.54) is 0 Å². The third-order valence-corrected chi connectivity index (χ3v) is 7.01. The van der Waals surface area contributed by atoms with Gasteiger partial charge in [-0.25, -0.2) is 14.8 Å². The number of piperazine rings is 1. The van der Waals surface area contributed by atoms with Gasteiger partial charge in [-0.2, -0.15) is 4.98 Å². The number of hydrogen-bond donors (Lipinski definition) is 3. The second kappa shape index (κ2) is 8.90. The van der Waals surface area contributed by atoms with Crippen LogP contribution in [0.4, 0.5) is 11.8 Å². The highest BCUT2D eigenvalue weighted by atomic mass is 16.5. The molecule has 11 nitrogen and oxygen atoms in total. The van der Waals surface area contributed by atoms with Gasteiger partial charge in [-0.1, -0.05) is 12.8 Å². The average molecular weight is 478 g/mol. The van der Waals surface area contributed by atoms with Crippen molar-refractivity contribution in [1.82, 2.24) is 29.7 Å². The Hall–Kier alpha value is -3.57. The summed E-state index contributed by atoms with van der Waals surface area (Å²) in [5.74, 6) is -0.181. The summed E-state index contributed by atoms with van der Waals surface area (Å²) in [6.07, 6.45) is 7.23. The smallest absolute Gasteiger partial charge is 0.352 e. The number of pyridine rings is 1. The molecule has 0 radical (unpaired) electrons. The van der Waals surface area contributed by atoms with Crippen molar-refractivity contribution in [2.75, 3.05) is 31.6 Å². The number of carbonyl (C=O) groups is 2. The molecule has 0 aromatic carbocycles.